The number of halogens is 1. The van der Waals surface area contributed by atoms with E-state index in [9.17, 15) is 0 Å². The molecule has 0 radical (unpaired) electrons. The lowest BCUT2D eigenvalue weighted by atomic mass is 10.0. The Balaban J connectivity index is 2.97. The van der Waals surface area contributed by atoms with Crippen LogP contribution in [0.15, 0.2) is 30.9 Å². The Kier molecular flexibility index (Phi) is 4.18. The highest BCUT2D eigenvalue weighted by Gasteiger charge is 2.09. The van der Waals surface area contributed by atoms with Gasteiger partial charge < -0.3 is 10.6 Å². The Morgan fingerprint density at radius 2 is 2.20 bits per heavy atom. The van der Waals surface area contributed by atoms with E-state index in [2.05, 4.69) is 6.58 Å². The van der Waals surface area contributed by atoms with Gasteiger partial charge >= 0.3 is 0 Å². The Morgan fingerprint density at radius 1 is 1.53 bits per heavy atom. The molecule has 0 amide bonds. The number of rotatable bonds is 4. The van der Waals surface area contributed by atoms with E-state index in [0.29, 0.717) is 0 Å². The lowest BCUT2D eigenvalue weighted by Gasteiger charge is -2.16. The van der Waals surface area contributed by atoms with Gasteiger partial charge in [-0.05, 0) is 24.1 Å². The quantitative estimate of drug-likeness (QED) is 0.797. The van der Waals surface area contributed by atoms with E-state index in [4.69, 9.17) is 17.3 Å². The predicted molar refractivity (Wildman–Crippen MR) is 67.5 cm³/mol. The smallest absolute Gasteiger partial charge is 0.0474 e. The summed E-state index contributed by atoms with van der Waals surface area (Å²) in [7, 11) is 3.96. The number of anilines is 1. The van der Waals surface area contributed by atoms with Gasteiger partial charge in [0, 0.05) is 30.8 Å². The van der Waals surface area contributed by atoms with E-state index in [-0.39, 0.29) is 6.04 Å². The van der Waals surface area contributed by atoms with Crippen molar-refractivity contribution in [3.63, 3.8) is 0 Å². The molecule has 0 saturated heterocycles. The van der Waals surface area contributed by atoms with Crippen molar-refractivity contribution in [3.05, 3.63) is 41.4 Å². The highest BCUT2D eigenvalue weighted by molar-refractivity contribution is 6.31. The monoisotopic (exact) mass is 224 g/mol. The van der Waals surface area contributed by atoms with Gasteiger partial charge in [-0.3, -0.25) is 0 Å². The van der Waals surface area contributed by atoms with Gasteiger partial charge in [-0.25, -0.2) is 0 Å². The molecule has 0 aromatic heterocycles. The van der Waals surface area contributed by atoms with Crippen LogP contribution in [0.25, 0.3) is 0 Å². The molecule has 2 N–H and O–H groups in total. The molecule has 0 fully saturated rings. The van der Waals surface area contributed by atoms with Crippen molar-refractivity contribution in [1.29, 1.82) is 0 Å². The summed E-state index contributed by atoms with van der Waals surface area (Å²) in [5.74, 6) is 0. The highest BCUT2D eigenvalue weighted by atomic mass is 35.5. The molecule has 1 aromatic rings. The van der Waals surface area contributed by atoms with Gasteiger partial charge in [-0.2, -0.15) is 0 Å². The molecule has 0 spiro atoms. The zero-order chi connectivity index (χ0) is 11.4. The molecule has 15 heavy (non-hydrogen) atoms. The van der Waals surface area contributed by atoms with Crippen molar-refractivity contribution >= 4 is 17.3 Å². The minimum Gasteiger partial charge on any atom is -0.378 e. The molecular formula is C12H17ClN2. The SMILES string of the molecule is C=CC[C@@H](N)c1ccc(N(C)C)cc1Cl. The highest BCUT2D eigenvalue weighted by Crippen LogP contribution is 2.27. The van der Waals surface area contributed by atoms with E-state index in [0.717, 1.165) is 22.7 Å². The van der Waals surface area contributed by atoms with Crippen LogP contribution in [0.1, 0.15) is 18.0 Å². The Bertz CT molecular complexity index is 347. The third-order valence-electron chi connectivity index (χ3n) is 2.32. The molecule has 2 nitrogen and oxygen atoms in total. The molecule has 3 heteroatoms. The van der Waals surface area contributed by atoms with Gasteiger partial charge in [0.1, 0.15) is 0 Å². The maximum absolute atomic E-state index is 6.16. The van der Waals surface area contributed by atoms with Crippen LogP contribution in [0.4, 0.5) is 5.69 Å². The molecule has 1 atom stereocenters. The fourth-order valence-electron chi connectivity index (χ4n) is 1.40. The zero-order valence-corrected chi connectivity index (χ0v) is 9.96. The first kappa shape index (κ1) is 12.1. The minimum atomic E-state index is -0.0637. The number of nitrogens with two attached hydrogens (primary N) is 1. The first-order valence-corrected chi connectivity index (χ1v) is 5.27. The van der Waals surface area contributed by atoms with E-state index in [1.54, 1.807) is 6.08 Å². The van der Waals surface area contributed by atoms with Gasteiger partial charge in [0.05, 0.1) is 0 Å². The number of hydrogen-bond acceptors (Lipinski definition) is 2. The second-order valence-electron chi connectivity index (χ2n) is 3.73. The summed E-state index contributed by atoms with van der Waals surface area (Å²) in [5.41, 5.74) is 8.02. The molecular weight excluding hydrogens is 208 g/mol. The molecule has 0 saturated carbocycles. The third kappa shape index (κ3) is 2.98. The summed E-state index contributed by atoms with van der Waals surface area (Å²) in [6, 6.07) is 5.86. The van der Waals surface area contributed by atoms with Crippen molar-refractivity contribution in [3.8, 4) is 0 Å². The minimum absolute atomic E-state index is 0.0637. The average Bonchev–Trinajstić information content (AvgIpc) is 2.17. The Hall–Kier alpha value is -0.990. The molecule has 0 aliphatic heterocycles. The fraction of sp³-hybridized carbons (Fsp3) is 0.333. The lowest BCUT2D eigenvalue weighted by Crippen LogP contribution is -2.12. The summed E-state index contributed by atoms with van der Waals surface area (Å²) in [4.78, 5) is 2.01. The van der Waals surface area contributed by atoms with E-state index >= 15 is 0 Å². The van der Waals surface area contributed by atoms with Crippen LogP contribution in [-0.2, 0) is 0 Å². The second-order valence-corrected chi connectivity index (χ2v) is 4.14. The molecule has 0 aliphatic carbocycles. The second kappa shape index (κ2) is 5.19. The summed E-state index contributed by atoms with van der Waals surface area (Å²) in [6.07, 6.45) is 2.54. The van der Waals surface area contributed by atoms with Crippen molar-refractivity contribution in [1.82, 2.24) is 0 Å². The standard InChI is InChI=1S/C12H17ClN2/c1-4-5-12(14)10-7-6-9(15(2)3)8-11(10)13/h4,6-8,12H,1,5,14H2,2-3H3/t12-/m1/s1. The van der Waals surface area contributed by atoms with Gasteiger partial charge in [-0.15, -0.1) is 6.58 Å². The van der Waals surface area contributed by atoms with Crippen LogP contribution in [0.2, 0.25) is 5.02 Å². The van der Waals surface area contributed by atoms with Crippen molar-refractivity contribution in [2.24, 2.45) is 5.73 Å². The lowest BCUT2D eigenvalue weighted by molar-refractivity contribution is 0.742. The molecule has 1 aromatic carbocycles. The molecule has 0 aliphatic rings. The largest absolute Gasteiger partial charge is 0.378 e. The first-order chi connectivity index (χ1) is 7.06. The molecule has 0 heterocycles. The summed E-state index contributed by atoms with van der Waals surface area (Å²) in [5, 5.41) is 0.718. The van der Waals surface area contributed by atoms with Crippen LogP contribution in [0, 0.1) is 0 Å². The molecule has 82 valence electrons. The fourth-order valence-corrected chi connectivity index (χ4v) is 1.72. The first-order valence-electron chi connectivity index (χ1n) is 4.89. The predicted octanol–water partition coefficient (Wildman–Crippen LogP) is 2.98. The van der Waals surface area contributed by atoms with Crippen LogP contribution in [-0.4, -0.2) is 14.1 Å². The zero-order valence-electron chi connectivity index (χ0n) is 9.20. The van der Waals surface area contributed by atoms with Crippen LogP contribution in [0.5, 0.6) is 0 Å². The average molecular weight is 225 g/mol. The maximum atomic E-state index is 6.16. The van der Waals surface area contributed by atoms with Crippen molar-refractivity contribution < 1.29 is 0 Å². The van der Waals surface area contributed by atoms with Crippen LogP contribution >= 0.6 is 11.6 Å². The van der Waals surface area contributed by atoms with Gasteiger partial charge in [0.2, 0.25) is 0 Å². The normalized spacial score (nSPS) is 12.3. The van der Waals surface area contributed by atoms with E-state index < -0.39 is 0 Å². The van der Waals surface area contributed by atoms with Crippen molar-refractivity contribution in [2.75, 3.05) is 19.0 Å². The topological polar surface area (TPSA) is 29.3 Å². The van der Waals surface area contributed by atoms with Crippen LogP contribution in [0.3, 0.4) is 0 Å². The summed E-state index contributed by atoms with van der Waals surface area (Å²) in [6.45, 7) is 3.67. The van der Waals surface area contributed by atoms with Crippen LogP contribution < -0.4 is 10.6 Å². The Morgan fingerprint density at radius 3 is 2.67 bits per heavy atom. The number of hydrogen-bond donors (Lipinski definition) is 1. The number of benzene rings is 1. The third-order valence-corrected chi connectivity index (χ3v) is 2.65. The summed E-state index contributed by atoms with van der Waals surface area (Å²) >= 11 is 6.16. The van der Waals surface area contributed by atoms with E-state index in [1.165, 1.54) is 0 Å². The van der Waals surface area contributed by atoms with Crippen molar-refractivity contribution in [2.45, 2.75) is 12.5 Å². The van der Waals surface area contributed by atoms with E-state index in [1.807, 2.05) is 37.2 Å². The Labute approximate surface area is 96.3 Å². The van der Waals surface area contributed by atoms with Gasteiger partial charge in [0.25, 0.3) is 0 Å². The van der Waals surface area contributed by atoms with Gasteiger partial charge in [-0.1, -0.05) is 23.7 Å². The molecule has 1 rings (SSSR count). The molecule has 0 bridgehead atoms. The summed E-state index contributed by atoms with van der Waals surface area (Å²) < 4.78 is 0. The van der Waals surface area contributed by atoms with Gasteiger partial charge in [0.15, 0.2) is 0 Å². The molecule has 0 unspecified atom stereocenters. The number of nitrogens with zero attached hydrogens (tertiary/aromatic N) is 1. The maximum Gasteiger partial charge on any atom is 0.0474 e.